The van der Waals surface area contributed by atoms with Gasteiger partial charge < -0.3 is 20.4 Å². The second-order valence-electron chi connectivity index (χ2n) is 7.33. The largest absolute Gasteiger partial charge is 0.378 e. The molecule has 27 heavy (non-hydrogen) atoms. The molecule has 0 bridgehead atoms. The van der Waals surface area contributed by atoms with Gasteiger partial charge in [0.15, 0.2) is 5.96 Å². The molecule has 0 aliphatic carbocycles. The summed E-state index contributed by atoms with van der Waals surface area (Å²) < 4.78 is 0. The van der Waals surface area contributed by atoms with E-state index >= 15 is 0 Å². The number of carbonyl (C=O) groups is 1. The third kappa shape index (κ3) is 7.20. The van der Waals surface area contributed by atoms with E-state index in [9.17, 15) is 4.79 Å². The normalized spacial score (nSPS) is 16.9. The number of rotatable bonds is 6. The maximum absolute atomic E-state index is 12.1. The maximum atomic E-state index is 12.1. The highest BCUT2D eigenvalue weighted by Gasteiger charge is 2.27. The lowest BCUT2D eigenvalue weighted by atomic mass is 10.2. The third-order valence-electron chi connectivity index (χ3n) is 4.53. The first-order chi connectivity index (χ1) is 12.4. The lowest BCUT2D eigenvalue weighted by molar-refractivity contribution is -0.133. The molecule has 6 nitrogen and oxygen atoms in total. The van der Waals surface area contributed by atoms with Crippen LogP contribution < -0.4 is 15.5 Å². The van der Waals surface area contributed by atoms with E-state index in [1.807, 2.05) is 32.8 Å². The summed E-state index contributed by atoms with van der Waals surface area (Å²) in [6.45, 7) is 8.97. The van der Waals surface area contributed by atoms with Gasteiger partial charge in [0.2, 0.25) is 5.91 Å². The van der Waals surface area contributed by atoms with Crippen LogP contribution in [0, 0.1) is 5.92 Å². The van der Waals surface area contributed by atoms with Gasteiger partial charge in [-0.1, -0.05) is 26.0 Å². The fourth-order valence-corrected chi connectivity index (χ4v) is 3.06. The van der Waals surface area contributed by atoms with Crippen molar-refractivity contribution in [2.75, 3.05) is 38.6 Å². The van der Waals surface area contributed by atoms with Gasteiger partial charge in [-0.2, -0.15) is 0 Å². The van der Waals surface area contributed by atoms with E-state index in [1.54, 1.807) is 0 Å². The van der Waals surface area contributed by atoms with Gasteiger partial charge in [0.05, 0.1) is 6.54 Å². The highest BCUT2D eigenvalue weighted by molar-refractivity contribution is 14.0. The van der Waals surface area contributed by atoms with Crippen molar-refractivity contribution < 1.29 is 4.79 Å². The lowest BCUT2D eigenvalue weighted by Crippen LogP contribution is -2.45. The van der Waals surface area contributed by atoms with E-state index in [2.05, 4.69) is 46.7 Å². The van der Waals surface area contributed by atoms with Crippen LogP contribution in [0.2, 0.25) is 0 Å². The van der Waals surface area contributed by atoms with Crippen molar-refractivity contribution in [1.82, 2.24) is 15.5 Å². The van der Waals surface area contributed by atoms with Crippen molar-refractivity contribution in [2.45, 2.75) is 39.8 Å². The van der Waals surface area contributed by atoms with E-state index < -0.39 is 0 Å². The standard InChI is InChI=1S/C20H33N5O.HI/c1-6-21-20(22-13-16-8-7-9-18(12-16)24(4)5)23-17-10-11-25(14-17)19(26)15(2)3;/h7-9,12,15,17H,6,10-11,13-14H2,1-5H3,(H2,21,22,23);1H. The maximum Gasteiger partial charge on any atom is 0.225 e. The van der Waals surface area contributed by atoms with Crippen molar-refractivity contribution in [3.05, 3.63) is 29.8 Å². The molecular formula is C20H34IN5O. The molecule has 1 amide bonds. The number of hydrogen-bond donors (Lipinski definition) is 2. The summed E-state index contributed by atoms with van der Waals surface area (Å²) in [7, 11) is 4.08. The molecular weight excluding hydrogens is 453 g/mol. The van der Waals surface area contributed by atoms with Crippen LogP contribution >= 0.6 is 24.0 Å². The molecule has 1 saturated heterocycles. The van der Waals surface area contributed by atoms with Crippen LogP contribution in [-0.4, -0.2) is 56.5 Å². The molecule has 1 aliphatic heterocycles. The molecule has 1 unspecified atom stereocenters. The Hall–Kier alpha value is -1.51. The number of carbonyl (C=O) groups excluding carboxylic acids is 1. The lowest BCUT2D eigenvalue weighted by Gasteiger charge is -2.20. The van der Waals surface area contributed by atoms with Crippen molar-refractivity contribution in [2.24, 2.45) is 10.9 Å². The third-order valence-corrected chi connectivity index (χ3v) is 4.53. The van der Waals surface area contributed by atoms with Gasteiger partial charge in [-0.05, 0) is 31.0 Å². The summed E-state index contributed by atoms with van der Waals surface area (Å²) in [5.74, 6) is 1.10. The molecule has 1 aromatic carbocycles. The van der Waals surface area contributed by atoms with E-state index in [-0.39, 0.29) is 41.8 Å². The Morgan fingerprint density at radius 3 is 2.74 bits per heavy atom. The van der Waals surface area contributed by atoms with Gasteiger partial charge in [-0.3, -0.25) is 4.79 Å². The number of benzene rings is 1. The number of nitrogens with zero attached hydrogens (tertiary/aromatic N) is 3. The molecule has 1 aliphatic rings. The van der Waals surface area contributed by atoms with Crippen molar-refractivity contribution in [3.8, 4) is 0 Å². The molecule has 0 spiro atoms. The Kier molecular flexibility index (Phi) is 9.90. The first-order valence-corrected chi connectivity index (χ1v) is 9.50. The van der Waals surface area contributed by atoms with Crippen LogP contribution in [0.3, 0.4) is 0 Å². The van der Waals surface area contributed by atoms with Gasteiger partial charge >= 0.3 is 0 Å². The number of guanidine groups is 1. The number of aliphatic imine (C=N–C) groups is 1. The Bertz CT molecular complexity index is 633. The quantitative estimate of drug-likeness (QED) is 0.368. The second-order valence-corrected chi connectivity index (χ2v) is 7.33. The summed E-state index contributed by atoms with van der Waals surface area (Å²) in [5, 5.41) is 6.79. The molecule has 152 valence electrons. The summed E-state index contributed by atoms with van der Waals surface area (Å²) in [6.07, 6.45) is 0.957. The molecule has 1 aromatic rings. The molecule has 0 saturated carbocycles. The first kappa shape index (κ1) is 23.5. The van der Waals surface area contributed by atoms with Crippen LogP contribution in [0.5, 0.6) is 0 Å². The zero-order chi connectivity index (χ0) is 19.1. The first-order valence-electron chi connectivity index (χ1n) is 9.50. The van der Waals surface area contributed by atoms with E-state index in [0.29, 0.717) is 6.54 Å². The SMILES string of the molecule is CCNC(=NCc1cccc(N(C)C)c1)NC1CCN(C(=O)C(C)C)C1.I. The van der Waals surface area contributed by atoms with Gasteiger partial charge in [-0.25, -0.2) is 4.99 Å². The second kappa shape index (κ2) is 11.4. The number of amides is 1. The van der Waals surface area contributed by atoms with Gasteiger partial charge in [-0.15, -0.1) is 24.0 Å². The van der Waals surface area contributed by atoms with Crippen LogP contribution in [0.4, 0.5) is 5.69 Å². The minimum atomic E-state index is 0. The number of anilines is 1. The van der Waals surface area contributed by atoms with E-state index in [0.717, 1.165) is 32.0 Å². The zero-order valence-electron chi connectivity index (χ0n) is 17.2. The number of hydrogen-bond acceptors (Lipinski definition) is 3. The average Bonchev–Trinajstić information content (AvgIpc) is 3.07. The monoisotopic (exact) mass is 487 g/mol. The predicted molar refractivity (Wildman–Crippen MR) is 124 cm³/mol. The summed E-state index contributed by atoms with van der Waals surface area (Å²) in [6, 6.07) is 8.66. The van der Waals surface area contributed by atoms with Crippen molar-refractivity contribution in [3.63, 3.8) is 0 Å². The van der Waals surface area contributed by atoms with Crippen LogP contribution in [-0.2, 0) is 11.3 Å². The minimum absolute atomic E-state index is 0. The highest BCUT2D eigenvalue weighted by Crippen LogP contribution is 2.15. The zero-order valence-corrected chi connectivity index (χ0v) is 19.5. The van der Waals surface area contributed by atoms with Crippen LogP contribution in [0.25, 0.3) is 0 Å². The topological polar surface area (TPSA) is 60.0 Å². The molecule has 0 radical (unpaired) electrons. The molecule has 2 rings (SSSR count). The Morgan fingerprint density at radius 1 is 1.37 bits per heavy atom. The van der Waals surface area contributed by atoms with Crippen molar-refractivity contribution in [1.29, 1.82) is 0 Å². The van der Waals surface area contributed by atoms with Crippen LogP contribution in [0.1, 0.15) is 32.8 Å². The molecule has 1 heterocycles. The molecule has 7 heteroatoms. The van der Waals surface area contributed by atoms with E-state index in [4.69, 9.17) is 4.99 Å². The number of halogens is 1. The number of likely N-dealkylation sites (tertiary alicyclic amines) is 1. The van der Waals surface area contributed by atoms with Crippen molar-refractivity contribution >= 4 is 41.5 Å². The van der Waals surface area contributed by atoms with E-state index in [1.165, 1.54) is 11.3 Å². The summed E-state index contributed by atoms with van der Waals surface area (Å²) in [4.78, 5) is 20.9. The van der Waals surface area contributed by atoms with Crippen LogP contribution in [0.15, 0.2) is 29.3 Å². The molecule has 2 N–H and O–H groups in total. The fourth-order valence-electron chi connectivity index (χ4n) is 3.06. The Balaban J connectivity index is 0.00000364. The molecule has 1 atom stereocenters. The average molecular weight is 487 g/mol. The Labute approximate surface area is 180 Å². The summed E-state index contributed by atoms with van der Waals surface area (Å²) in [5.41, 5.74) is 2.35. The fraction of sp³-hybridized carbons (Fsp3) is 0.600. The summed E-state index contributed by atoms with van der Waals surface area (Å²) >= 11 is 0. The smallest absolute Gasteiger partial charge is 0.225 e. The van der Waals surface area contributed by atoms with Gasteiger partial charge in [0, 0.05) is 51.4 Å². The van der Waals surface area contributed by atoms with Gasteiger partial charge in [0.1, 0.15) is 0 Å². The molecule has 0 aromatic heterocycles. The minimum Gasteiger partial charge on any atom is -0.378 e. The molecule has 1 fully saturated rings. The highest BCUT2D eigenvalue weighted by atomic mass is 127. The Morgan fingerprint density at radius 2 is 2.11 bits per heavy atom. The van der Waals surface area contributed by atoms with Gasteiger partial charge in [0.25, 0.3) is 0 Å². The number of nitrogens with one attached hydrogen (secondary N) is 2. The predicted octanol–water partition coefficient (Wildman–Crippen LogP) is 2.68.